The number of rotatable bonds is 6. The van der Waals surface area contributed by atoms with Crippen LogP contribution in [0.4, 0.5) is 0 Å². The van der Waals surface area contributed by atoms with Crippen molar-refractivity contribution in [2.45, 2.75) is 26.9 Å². The third-order valence-corrected chi connectivity index (χ3v) is 4.89. The van der Waals surface area contributed by atoms with Gasteiger partial charge in [-0.15, -0.1) is 0 Å². The van der Waals surface area contributed by atoms with Crippen molar-refractivity contribution in [1.82, 2.24) is 19.9 Å². The molecule has 0 aliphatic rings. The molecule has 0 saturated carbocycles. The predicted molar refractivity (Wildman–Crippen MR) is 118 cm³/mol. The normalized spacial score (nSPS) is 10.8. The maximum absolute atomic E-state index is 12.5. The minimum Gasteiger partial charge on any atom is -0.439 e. The van der Waals surface area contributed by atoms with E-state index >= 15 is 0 Å². The molecule has 2 aromatic heterocycles. The van der Waals surface area contributed by atoms with Gasteiger partial charge in [0.05, 0.1) is 17.2 Å². The average molecular weight is 414 g/mol. The summed E-state index contributed by atoms with van der Waals surface area (Å²) in [5, 5.41) is 3.29. The zero-order valence-corrected chi connectivity index (χ0v) is 17.3. The van der Waals surface area contributed by atoms with Gasteiger partial charge in [-0.3, -0.25) is 14.2 Å². The zero-order valence-electron chi connectivity index (χ0n) is 17.3. The van der Waals surface area contributed by atoms with Crippen LogP contribution in [-0.2, 0) is 17.9 Å². The Labute approximate surface area is 179 Å². The maximum Gasteiger partial charge on any atom is 0.261 e. The van der Waals surface area contributed by atoms with E-state index in [-0.39, 0.29) is 18.0 Å². The quantitative estimate of drug-likeness (QED) is 0.522. The number of nitrogens with zero attached hydrogens (tertiary/aromatic N) is 3. The Morgan fingerprint density at radius 2 is 1.90 bits per heavy atom. The number of aryl methyl sites for hydroxylation is 2. The summed E-state index contributed by atoms with van der Waals surface area (Å²) in [6.07, 6.45) is 3.05. The van der Waals surface area contributed by atoms with Gasteiger partial charge in [-0.05, 0) is 48.7 Å². The molecule has 0 saturated heterocycles. The van der Waals surface area contributed by atoms with Crippen molar-refractivity contribution in [3.63, 3.8) is 0 Å². The number of hydrogen-bond donors (Lipinski definition) is 1. The molecule has 0 radical (unpaired) electrons. The second-order valence-electron chi connectivity index (χ2n) is 7.35. The zero-order chi connectivity index (χ0) is 21.8. The van der Waals surface area contributed by atoms with E-state index < -0.39 is 0 Å². The van der Waals surface area contributed by atoms with Crippen LogP contribution in [0.1, 0.15) is 16.7 Å². The average Bonchev–Trinajstić information content (AvgIpc) is 2.78. The van der Waals surface area contributed by atoms with Gasteiger partial charge in [0.1, 0.15) is 12.3 Å². The highest BCUT2D eigenvalue weighted by Crippen LogP contribution is 2.24. The molecule has 0 aliphatic heterocycles. The molecule has 7 heteroatoms. The van der Waals surface area contributed by atoms with Gasteiger partial charge in [0.2, 0.25) is 11.8 Å². The minimum absolute atomic E-state index is 0.0993. The SMILES string of the molecule is Cc1ccc(C)c(Oc2ccc(CNC(=O)Cn3cnc4ccccc4c3=O)cn2)c1. The molecule has 0 aliphatic carbocycles. The lowest BCUT2D eigenvalue weighted by atomic mass is 10.1. The molecule has 1 N–H and O–H groups in total. The third kappa shape index (κ3) is 4.78. The molecule has 4 rings (SSSR count). The molecule has 7 nitrogen and oxygen atoms in total. The number of aromatic nitrogens is 3. The van der Waals surface area contributed by atoms with Gasteiger partial charge in [0.15, 0.2) is 0 Å². The first-order valence-corrected chi connectivity index (χ1v) is 9.90. The maximum atomic E-state index is 12.5. The summed E-state index contributed by atoms with van der Waals surface area (Å²) in [7, 11) is 0. The molecule has 0 unspecified atom stereocenters. The van der Waals surface area contributed by atoms with Crippen molar-refractivity contribution < 1.29 is 9.53 Å². The standard InChI is InChI=1S/C24H22N4O3/c1-16-7-8-17(2)21(11-16)31-23-10-9-18(13-26-23)12-25-22(29)14-28-15-27-20-6-4-3-5-19(20)24(28)30/h3-11,13,15H,12,14H2,1-2H3,(H,25,29). The largest absolute Gasteiger partial charge is 0.439 e. The number of para-hydroxylation sites is 1. The molecule has 0 fully saturated rings. The van der Waals surface area contributed by atoms with Crippen molar-refractivity contribution in [3.05, 3.63) is 94.2 Å². The Bertz CT molecular complexity index is 1300. The highest BCUT2D eigenvalue weighted by Gasteiger charge is 2.08. The van der Waals surface area contributed by atoms with Crippen molar-refractivity contribution in [1.29, 1.82) is 0 Å². The van der Waals surface area contributed by atoms with Gasteiger partial charge in [-0.25, -0.2) is 9.97 Å². The summed E-state index contributed by atoms with van der Waals surface area (Å²) in [5.74, 6) is 0.968. The number of carbonyl (C=O) groups is 1. The number of benzene rings is 2. The first kappa shape index (κ1) is 20.3. The fraction of sp³-hybridized carbons (Fsp3) is 0.167. The summed E-state index contributed by atoms with van der Waals surface area (Å²) < 4.78 is 7.16. The highest BCUT2D eigenvalue weighted by atomic mass is 16.5. The van der Waals surface area contributed by atoms with E-state index in [1.54, 1.807) is 30.5 Å². The molecular formula is C24H22N4O3. The van der Waals surface area contributed by atoms with Gasteiger partial charge in [-0.1, -0.05) is 30.3 Å². The van der Waals surface area contributed by atoms with E-state index in [1.807, 2.05) is 44.2 Å². The molecule has 2 heterocycles. The molecule has 0 atom stereocenters. The van der Waals surface area contributed by atoms with Crippen LogP contribution in [0.2, 0.25) is 0 Å². The number of hydrogen-bond acceptors (Lipinski definition) is 5. The van der Waals surface area contributed by atoms with Crippen LogP contribution in [0.3, 0.4) is 0 Å². The Kier molecular flexibility index (Phi) is 5.75. The summed E-state index contributed by atoms with van der Waals surface area (Å²) in [4.78, 5) is 33.3. The molecule has 31 heavy (non-hydrogen) atoms. The first-order chi connectivity index (χ1) is 15.0. The van der Waals surface area contributed by atoms with E-state index in [0.29, 0.717) is 23.3 Å². The lowest BCUT2D eigenvalue weighted by Gasteiger charge is -2.10. The fourth-order valence-electron chi connectivity index (χ4n) is 3.14. The van der Waals surface area contributed by atoms with Crippen molar-refractivity contribution >= 4 is 16.8 Å². The number of nitrogens with one attached hydrogen (secondary N) is 1. The number of fused-ring (bicyclic) bond motifs is 1. The number of pyridine rings is 1. The van der Waals surface area contributed by atoms with Gasteiger partial charge in [0, 0.05) is 18.8 Å². The monoisotopic (exact) mass is 414 g/mol. The van der Waals surface area contributed by atoms with Gasteiger partial charge < -0.3 is 10.1 Å². The number of amides is 1. The molecule has 2 aromatic carbocycles. The van der Waals surface area contributed by atoms with E-state index in [0.717, 1.165) is 22.4 Å². The van der Waals surface area contributed by atoms with E-state index in [4.69, 9.17) is 4.74 Å². The Morgan fingerprint density at radius 3 is 2.71 bits per heavy atom. The fourth-order valence-corrected chi connectivity index (χ4v) is 3.14. The lowest BCUT2D eigenvalue weighted by molar-refractivity contribution is -0.121. The molecular weight excluding hydrogens is 392 g/mol. The van der Waals surface area contributed by atoms with E-state index in [9.17, 15) is 9.59 Å². The smallest absolute Gasteiger partial charge is 0.261 e. The summed E-state index contributed by atoms with van der Waals surface area (Å²) in [6, 6.07) is 16.7. The van der Waals surface area contributed by atoms with Crippen LogP contribution in [0.5, 0.6) is 11.6 Å². The minimum atomic E-state index is -0.283. The van der Waals surface area contributed by atoms with Gasteiger partial charge >= 0.3 is 0 Å². The summed E-state index contributed by atoms with van der Waals surface area (Å²) >= 11 is 0. The lowest BCUT2D eigenvalue weighted by Crippen LogP contribution is -2.32. The second kappa shape index (κ2) is 8.79. The molecule has 1 amide bonds. The van der Waals surface area contributed by atoms with Crippen LogP contribution < -0.4 is 15.6 Å². The van der Waals surface area contributed by atoms with Crippen LogP contribution in [0.25, 0.3) is 10.9 Å². The van der Waals surface area contributed by atoms with Gasteiger partial charge in [-0.2, -0.15) is 0 Å². The van der Waals surface area contributed by atoms with E-state index in [2.05, 4.69) is 15.3 Å². The summed E-state index contributed by atoms with van der Waals surface area (Å²) in [6.45, 7) is 4.19. The number of carbonyl (C=O) groups excluding carboxylic acids is 1. The second-order valence-corrected chi connectivity index (χ2v) is 7.35. The van der Waals surface area contributed by atoms with Crippen LogP contribution in [-0.4, -0.2) is 20.4 Å². The van der Waals surface area contributed by atoms with Crippen LogP contribution in [0.15, 0.2) is 71.9 Å². The first-order valence-electron chi connectivity index (χ1n) is 9.90. The van der Waals surface area contributed by atoms with Crippen molar-refractivity contribution in [2.24, 2.45) is 0 Å². The van der Waals surface area contributed by atoms with Crippen LogP contribution >= 0.6 is 0 Å². The van der Waals surface area contributed by atoms with Crippen molar-refractivity contribution in [2.75, 3.05) is 0 Å². The number of ether oxygens (including phenoxy) is 1. The Morgan fingerprint density at radius 1 is 1.06 bits per heavy atom. The van der Waals surface area contributed by atoms with Gasteiger partial charge in [0.25, 0.3) is 5.56 Å². The van der Waals surface area contributed by atoms with Crippen LogP contribution in [0, 0.1) is 13.8 Å². The predicted octanol–water partition coefficient (Wildman–Crippen LogP) is 3.52. The Balaban J connectivity index is 1.36. The molecule has 4 aromatic rings. The highest BCUT2D eigenvalue weighted by molar-refractivity contribution is 5.78. The van der Waals surface area contributed by atoms with E-state index in [1.165, 1.54) is 10.9 Å². The molecule has 0 bridgehead atoms. The topological polar surface area (TPSA) is 86.1 Å². The molecule has 156 valence electrons. The molecule has 0 spiro atoms. The Hall–Kier alpha value is -4.00. The summed E-state index contributed by atoms with van der Waals surface area (Å²) in [5.41, 5.74) is 3.34. The third-order valence-electron chi connectivity index (χ3n) is 4.89. The van der Waals surface area contributed by atoms with Crippen molar-refractivity contribution in [3.8, 4) is 11.6 Å².